The van der Waals surface area contributed by atoms with E-state index in [0.717, 1.165) is 47.4 Å². The zero-order valence-electron chi connectivity index (χ0n) is 28.0. The Balaban J connectivity index is 0.00000312. The lowest BCUT2D eigenvalue weighted by atomic mass is 9.87. The third-order valence-corrected chi connectivity index (χ3v) is 8.37. The minimum absolute atomic E-state index is 0. The van der Waals surface area contributed by atoms with Gasteiger partial charge in [0, 0.05) is 30.8 Å². The van der Waals surface area contributed by atoms with Crippen LogP contribution in [-0.4, -0.2) is 58.7 Å². The van der Waals surface area contributed by atoms with Crippen LogP contribution in [0.5, 0.6) is 17.2 Å². The van der Waals surface area contributed by atoms with Gasteiger partial charge in [0.1, 0.15) is 22.9 Å². The summed E-state index contributed by atoms with van der Waals surface area (Å²) in [6.45, 7) is 2.83. The van der Waals surface area contributed by atoms with E-state index in [4.69, 9.17) is 18.9 Å². The summed E-state index contributed by atoms with van der Waals surface area (Å²) in [5.41, 5.74) is 4.14. The Bertz CT molecular complexity index is 1620. The molecule has 258 valence electrons. The maximum absolute atomic E-state index is 13.8. The topological polar surface area (TPSA) is 105 Å². The van der Waals surface area contributed by atoms with Gasteiger partial charge in [-0.15, -0.1) is 5.10 Å². The fraction of sp³-hybridized carbons (Fsp3) is 0.389. The first-order chi connectivity index (χ1) is 22.4. The van der Waals surface area contributed by atoms with Crippen molar-refractivity contribution < 1.29 is 28.5 Å². The average molecular weight is 695 g/mol. The molecule has 48 heavy (non-hydrogen) atoms. The molecule has 3 aromatic carbocycles. The molecule has 0 saturated heterocycles. The molecule has 0 aliphatic heterocycles. The van der Waals surface area contributed by atoms with Crippen molar-refractivity contribution in [2.75, 3.05) is 20.8 Å². The van der Waals surface area contributed by atoms with Gasteiger partial charge < -0.3 is 23.8 Å². The van der Waals surface area contributed by atoms with Crippen LogP contribution in [0.1, 0.15) is 49.4 Å². The molecule has 0 N–H and O–H groups in total. The van der Waals surface area contributed by atoms with Gasteiger partial charge in [-0.25, -0.2) is 4.68 Å². The third-order valence-electron chi connectivity index (χ3n) is 8.37. The van der Waals surface area contributed by atoms with Gasteiger partial charge in [-0.2, -0.15) is 27.0 Å². The number of ether oxygens (including phenoxy) is 4. The Morgan fingerprint density at radius 2 is 1.65 bits per heavy atom. The monoisotopic (exact) mass is 694 g/mol. The lowest BCUT2D eigenvalue weighted by molar-refractivity contribution is -0.150. The first-order valence-corrected chi connectivity index (χ1v) is 15.7. The Hall–Kier alpha value is -4.16. The molecule has 1 saturated carbocycles. The van der Waals surface area contributed by atoms with E-state index in [-0.39, 0.29) is 63.9 Å². The second-order valence-electron chi connectivity index (χ2n) is 11.5. The second-order valence-corrected chi connectivity index (χ2v) is 11.5. The lowest BCUT2D eigenvalue weighted by Gasteiger charge is -2.28. The van der Waals surface area contributed by atoms with Gasteiger partial charge in [0.2, 0.25) is 5.91 Å². The number of esters is 1. The van der Waals surface area contributed by atoms with E-state index >= 15 is 0 Å². The van der Waals surface area contributed by atoms with Gasteiger partial charge in [-0.3, -0.25) is 9.59 Å². The molecule has 1 aromatic heterocycles. The molecule has 12 heteroatoms. The number of amides is 1. The van der Waals surface area contributed by atoms with E-state index in [1.807, 2.05) is 86.8 Å². The summed E-state index contributed by atoms with van der Waals surface area (Å²) in [6, 6.07) is 23.1. The van der Waals surface area contributed by atoms with Gasteiger partial charge in [0.05, 0.1) is 51.5 Å². The van der Waals surface area contributed by atoms with Gasteiger partial charge in [0.25, 0.3) is 0 Å². The minimum atomic E-state index is -0.136. The van der Waals surface area contributed by atoms with Crippen LogP contribution in [0.4, 0.5) is 0 Å². The predicted octanol–water partition coefficient (Wildman–Crippen LogP) is 6.00. The van der Waals surface area contributed by atoms with Gasteiger partial charge in [0.15, 0.2) is 0 Å². The fourth-order valence-electron chi connectivity index (χ4n) is 5.87. The van der Waals surface area contributed by atoms with Gasteiger partial charge in [-0.1, -0.05) is 35.5 Å². The molecule has 4 aromatic rings. The molecule has 10 nitrogen and oxygen atoms in total. The van der Waals surface area contributed by atoms with Crippen molar-refractivity contribution in [3.8, 4) is 28.5 Å². The third kappa shape index (κ3) is 9.70. The molecule has 0 radical (unpaired) electrons. The van der Waals surface area contributed by atoms with Crippen molar-refractivity contribution in [1.82, 2.24) is 19.9 Å². The van der Waals surface area contributed by atoms with Crippen molar-refractivity contribution in [2.24, 2.45) is 13.0 Å². The van der Waals surface area contributed by atoms with Crippen LogP contribution in [0.3, 0.4) is 0 Å². The van der Waals surface area contributed by atoms with Crippen molar-refractivity contribution >= 4 is 38.9 Å². The van der Waals surface area contributed by atoms with E-state index in [1.165, 1.54) is 0 Å². The van der Waals surface area contributed by atoms with Crippen LogP contribution in [0.25, 0.3) is 11.3 Å². The highest BCUT2D eigenvalue weighted by Crippen LogP contribution is 2.31. The zero-order valence-corrected chi connectivity index (χ0v) is 30.0. The molecule has 1 aliphatic rings. The summed E-state index contributed by atoms with van der Waals surface area (Å²) in [4.78, 5) is 27.9. The molecule has 0 bridgehead atoms. The molecule has 1 heterocycles. The lowest BCUT2D eigenvalue weighted by Crippen LogP contribution is -2.32. The maximum Gasteiger partial charge on any atom is 0.309 e. The van der Waals surface area contributed by atoms with E-state index in [9.17, 15) is 9.59 Å². The second kappa shape index (κ2) is 18.4. The molecule has 0 spiro atoms. The standard InChI is InChI=1S/C36H42N4O6.2H2S/c1-5-45-36(42)27-12-9-13-31(21-27)46-29-17-14-26(15-18-29)35-32(39(2)38-37-35)24-40(34(41)20-25-10-7-6-8-11-25)23-28-16-19-30(43-3)22-33(28)44-4;;/h6-8,10-11,14-19,22,27,31H,5,9,12-13,20-21,23-24H2,1-4H3;2*1H2/t27-,31-;;/m0../s1. The van der Waals surface area contributed by atoms with Crippen LogP contribution < -0.4 is 14.2 Å². The van der Waals surface area contributed by atoms with Gasteiger partial charge in [-0.05, 0) is 74.6 Å². The highest BCUT2D eigenvalue weighted by molar-refractivity contribution is 7.59. The number of carbonyl (C=O) groups excluding carboxylic acids is 2. The first-order valence-electron chi connectivity index (χ1n) is 15.7. The van der Waals surface area contributed by atoms with Crippen molar-refractivity contribution in [2.45, 2.75) is 58.2 Å². The largest absolute Gasteiger partial charge is 0.497 e. The van der Waals surface area contributed by atoms with Crippen LogP contribution in [-0.2, 0) is 40.9 Å². The molecule has 1 aliphatic carbocycles. The van der Waals surface area contributed by atoms with E-state index in [2.05, 4.69) is 10.3 Å². The number of methoxy groups -OCH3 is 2. The Kier molecular flexibility index (Phi) is 14.7. The summed E-state index contributed by atoms with van der Waals surface area (Å²) in [7, 11) is 5.05. The number of hydrogen-bond donors (Lipinski definition) is 0. The van der Waals surface area contributed by atoms with Crippen LogP contribution >= 0.6 is 27.0 Å². The van der Waals surface area contributed by atoms with Crippen LogP contribution in [0.15, 0.2) is 72.8 Å². The minimum Gasteiger partial charge on any atom is -0.497 e. The average Bonchev–Trinajstić information content (AvgIpc) is 3.44. The van der Waals surface area contributed by atoms with Crippen molar-refractivity contribution in [1.29, 1.82) is 0 Å². The number of aryl methyl sites for hydroxylation is 1. The van der Waals surface area contributed by atoms with Crippen molar-refractivity contribution in [3.63, 3.8) is 0 Å². The van der Waals surface area contributed by atoms with E-state index in [0.29, 0.717) is 36.8 Å². The quantitative estimate of drug-likeness (QED) is 0.157. The number of hydrogen-bond acceptors (Lipinski definition) is 8. The molecule has 1 amide bonds. The van der Waals surface area contributed by atoms with Crippen molar-refractivity contribution in [3.05, 3.63) is 89.6 Å². The number of nitrogens with zero attached hydrogens (tertiary/aromatic N) is 4. The summed E-state index contributed by atoms with van der Waals surface area (Å²) in [6.07, 6.45) is 3.53. The Morgan fingerprint density at radius 1 is 0.917 bits per heavy atom. The Labute approximate surface area is 296 Å². The molecular weight excluding hydrogens is 649 g/mol. The highest BCUT2D eigenvalue weighted by Gasteiger charge is 2.29. The highest BCUT2D eigenvalue weighted by atomic mass is 32.1. The van der Waals surface area contributed by atoms with Crippen LogP contribution in [0, 0.1) is 5.92 Å². The maximum atomic E-state index is 13.8. The number of carbonyl (C=O) groups is 2. The number of benzene rings is 3. The predicted molar refractivity (Wildman–Crippen MR) is 194 cm³/mol. The zero-order chi connectivity index (χ0) is 32.5. The molecule has 2 atom stereocenters. The number of rotatable bonds is 13. The summed E-state index contributed by atoms with van der Waals surface area (Å²) < 4.78 is 24.3. The fourth-order valence-corrected chi connectivity index (χ4v) is 5.87. The van der Waals surface area contributed by atoms with E-state index in [1.54, 1.807) is 23.8 Å². The SMILES string of the molecule is CCOC(=O)[C@H]1CCC[C@H](Oc2ccc(-c3nnn(C)c3CN(Cc3ccc(OC)cc3OC)C(=O)Cc3ccccc3)cc2)C1.S.S. The number of aromatic nitrogens is 3. The summed E-state index contributed by atoms with van der Waals surface area (Å²) in [5.74, 6) is 1.76. The summed E-state index contributed by atoms with van der Waals surface area (Å²) in [5, 5.41) is 8.80. The Morgan fingerprint density at radius 3 is 2.33 bits per heavy atom. The smallest absolute Gasteiger partial charge is 0.309 e. The van der Waals surface area contributed by atoms with Gasteiger partial charge >= 0.3 is 5.97 Å². The normalized spacial score (nSPS) is 15.3. The molecule has 0 unspecified atom stereocenters. The summed E-state index contributed by atoms with van der Waals surface area (Å²) >= 11 is 0. The van der Waals surface area contributed by atoms with E-state index < -0.39 is 0 Å². The van der Waals surface area contributed by atoms with Crippen LogP contribution in [0.2, 0.25) is 0 Å². The molecule has 5 rings (SSSR count). The first kappa shape index (κ1) is 38.3. The molecule has 1 fully saturated rings. The molecular formula is C36H46N4O6S2.